The summed E-state index contributed by atoms with van der Waals surface area (Å²) in [5.74, 6) is 0.0460. The normalized spacial score (nSPS) is 16.8. The minimum Gasteiger partial charge on any atom is -0.496 e. The number of halogens is 4. The molecule has 0 unspecified atom stereocenters. The highest BCUT2D eigenvalue weighted by atomic mass is 35.5. The van der Waals surface area contributed by atoms with Crippen molar-refractivity contribution in [2.24, 2.45) is 0 Å². The van der Waals surface area contributed by atoms with Crippen molar-refractivity contribution in [1.82, 2.24) is 10.2 Å². The predicted octanol–water partition coefficient (Wildman–Crippen LogP) is 2.59. The maximum Gasteiger partial charge on any atom is 0.126 e. The van der Waals surface area contributed by atoms with Crippen LogP contribution < -0.4 is 10.1 Å². The van der Waals surface area contributed by atoms with E-state index in [0.29, 0.717) is 11.3 Å². The van der Waals surface area contributed by atoms with E-state index in [9.17, 15) is 8.78 Å². The second-order valence-corrected chi connectivity index (χ2v) is 4.34. The Hall–Kier alpha value is -0.620. The number of benzene rings is 1. The van der Waals surface area contributed by atoms with E-state index in [1.807, 2.05) is 0 Å². The molecular formula is C13H20Cl2F2N2O. The van der Waals surface area contributed by atoms with Crippen molar-refractivity contribution < 1.29 is 13.5 Å². The minimum atomic E-state index is -0.498. The molecule has 116 valence electrons. The van der Waals surface area contributed by atoms with Gasteiger partial charge in [-0.2, -0.15) is 0 Å². The molecule has 1 aromatic rings. The smallest absolute Gasteiger partial charge is 0.126 e. The van der Waals surface area contributed by atoms with E-state index in [4.69, 9.17) is 4.74 Å². The molecule has 0 saturated carbocycles. The van der Waals surface area contributed by atoms with Gasteiger partial charge in [0.05, 0.1) is 13.2 Å². The van der Waals surface area contributed by atoms with E-state index < -0.39 is 6.67 Å². The Kier molecular flexibility index (Phi) is 9.05. The summed E-state index contributed by atoms with van der Waals surface area (Å²) in [6.45, 7) is 2.77. The second kappa shape index (κ2) is 9.34. The van der Waals surface area contributed by atoms with Gasteiger partial charge in [0, 0.05) is 37.8 Å². The van der Waals surface area contributed by atoms with E-state index in [-0.39, 0.29) is 36.7 Å². The van der Waals surface area contributed by atoms with Crippen molar-refractivity contribution in [2.75, 3.05) is 40.0 Å². The van der Waals surface area contributed by atoms with Crippen molar-refractivity contribution in [3.8, 4) is 5.75 Å². The van der Waals surface area contributed by atoms with Crippen molar-refractivity contribution in [1.29, 1.82) is 0 Å². The summed E-state index contributed by atoms with van der Waals surface area (Å²) >= 11 is 0. The number of hydrogen-bond donors (Lipinski definition) is 1. The van der Waals surface area contributed by atoms with Crippen LogP contribution in [0.25, 0.3) is 0 Å². The van der Waals surface area contributed by atoms with Gasteiger partial charge in [-0.15, -0.1) is 24.8 Å². The first-order chi connectivity index (χ1) is 8.76. The highest BCUT2D eigenvalue weighted by Gasteiger charge is 2.24. The van der Waals surface area contributed by atoms with Gasteiger partial charge in [0.2, 0.25) is 0 Å². The zero-order chi connectivity index (χ0) is 13.0. The Balaban J connectivity index is 0.00000180. The number of methoxy groups -OCH3 is 1. The summed E-state index contributed by atoms with van der Waals surface area (Å²) in [6.07, 6.45) is 0. The van der Waals surface area contributed by atoms with Gasteiger partial charge in [0.15, 0.2) is 0 Å². The summed E-state index contributed by atoms with van der Waals surface area (Å²) in [6, 6.07) is 3.91. The van der Waals surface area contributed by atoms with Gasteiger partial charge >= 0.3 is 0 Å². The number of nitrogens with zero attached hydrogens (tertiary/aromatic N) is 1. The first kappa shape index (κ1) is 19.4. The number of alkyl halides is 1. The number of rotatable bonds is 4. The third-order valence-corrected chi connectivity index (χ3v) is 3.29. The minimum absolute atomic E-state index is 0. The van der Waals surface area contributed by atoms with Crippen LogP contribution in [0.3, 0.4) is 0 Å². The lowest BCUT2D eigenvalue weighted by molar-refractivity contribution is 0.145. The number of nitrogens with one attached hydrogen (secondary N) is 1. The molecule has 0 aliphatic carbocycles. The number of ether oxygens (including phenoxy) is 1. The average Bonchev–Trinajstić information content (AvgIpc) is 2.42. The first-order valence-electron chi connectivity index (χ1n) is 6.10. The largest absolute Gasteiger partial charge is 0.496 e. The summed E-state index contributed by atoms with van der Waals surface area (Å²) in [5.41, 5.74) is 0.711. The molecule has 1 heterocycles. The van der Waals surface area contributed by atoms with Gasteiger partial charge in [-0.1, -0.05) is 6.07 Å². The van der Waals surface area contributed by atoms with Crippen molar-refractivity contribution in [3.63, 3.8) is 0 Å². The molecular weight excluding hydrogens is 309 g/mol. The molecule has 0 radical (unpaired) electrons. The molecule has 1 aliphatic heterocycles. The molecule has 2 rings (SSSR count). The fraction of sp³-hybridized carbons (Fsp3) is 0.538. The molecule has 20 heavy (non-hydrogen) atoms. The Morgan fingerprint density at radius 3 is 2.50 bits per heavy atom. The summed E-state index contributed by atoms with van der Waals surface area (Å²) in [5, 5.41) is 3.23. The van der Waals surface area contributed by atoms with Crippen LogP contribution in [0.15, 0.2) is 18.2 Å². The van der Waals surface area contributed by atoms with Gasteiger partial charge in [-0.05, 0) is 6.07 Å². The molecule has 0 spiro atoms. The van der Waals surface area contributed by atoms with Crippen LogP contribution in [-0.4, -0.2) is 44.9 Å². The highest BCUT2D eigenvalue weighted by Crippen LogP contribution is 2.30. The maximum absolute atomic E-state index is 13.3. The van der Waals surface area contributed by atoms with E-state index in [2.05, 4.69) is 10.2 Å². The molecule has 1 aliphatic rings. The number of hydrogen-bond acceptors (Lipinski definition) is 3. The molecule has 1 saturated heterocycles. The topological polar surface area (TPSA) is 24.5 Å². The monoisotopic (exact) mass is 328 g/mol. The van der Waals surface area contributed by atoms with E-state index in [0.717, 1.165) is 26.2 Å². The van der Waals surface area contributed by atoms with Crippen LogP contribution in [0, 0.1) is 5.82 Å². The van der Waals surface area contributed by atoms with E-state index >= 15 is 0 Å². The molecule has 1 N–H and O–H groups in total. The van der Waals surface area contributed by atoms with Crippen LogP contribution in [0.1, 0.15) is 11.6 Å². The quantitative estimate of drug-likeness (QED) is 0.919. The third-order valence-electron chi connectivity index (χ3n) is 3.29. The summed E-state index contributed by atoms with van der Waals surface area (Å²) in [7, 11) is 1.48. The molecule has 0 amide bonds. The Morgan fingerprint density at radius 1 is 1.30 bits per heavy atom. The average molecular weight is 329 g/mol. The molecule has 0 bridgehead atoms. The van der Waals surface area contributed by atoms with E-state index in [1.54, 1.807) is 6.07 Å². The van der Waals surface area contributed by atoms with Gasteiger partial charge in [-0.25, -0.2) is 8.78 Å². The van der Waals surface area contributed by atoms with Crippen LogP contribution in [0.2, 0.25) is 0 Å². The fourth-order valence-corrected chi connectivity index (χ4v) is 2.33. The Morgan fingerprint density at radius 2 is 1.95 bits per heavy atom. The van der Waals surface area contributed by atoms with Crippen LogP contribution in [0.5, 0.6) is 5.75 Å². The molecule has 1 aromatic carbocycles. The van der Waals surface area contributed by atoms with Crippen molar-refractivity contribution >= 4 is 24.8 Å². The van der Waals surface area contributed by atoms with Gasteiger partial charge in [0.25, 0.3) is 0 Å². The zero-order valence-corrected chi connectivity index (χ0v) is 12.9. The predicted molar refractivity (Wildman–Crippen MR) is 80.6 cm³/mol. The van der Waals surface area contributed by atoms with Crippen LogP contribution in [0.4, 0.5) is 8.78 Å². The van der Waals surface area contributed by atoms with Gasteiger partial charge in [-0.3, -0.25) is 4.90 Å². The third kappa shape index (κ3) is 4.45. The lowest BCUT2D eigenvalue weighted by Gasteiger charge is -2.34. The summed E-state index contributed by atoms with van der Waals surface area (Å²) in [4.78, 5) is 2.06. The highest BCUT2D eigenvalue weighted by molar-refractivity contribution is 5.85. The molecule has 1 fully saturated rings. The summed E-state index contributed by atoms with van der Waals surface area (Å²) < 4.78 is 31.6. The lowest BCUT2D eigenvalue weighted by atomic mass is 10.0. The van der Waals surface area contributed by atoms with E-state index in [1.165, 1.54) is 19.2 Å². The number of piperazine rings is 1. The molecule has 0 aromatic heterocycles. The van der Waals surface area contributed by atoms with Gasteiger partial charge in [0.1, 0.15) is 18.2 Å². The fourth-order valence-electron chi connectivity index (χ4n) is 2.33. The first-order valence-corrected chi connectivity index (χ1v) is 6.10. The maximum atomic E-state index is 13.3. The SMILES string of the molecule is COc1cc(F)ccc1[C@H](CF)N1CCNCC1.Cl.Cl. The Bertz CT molecular complexity index is 404. The zero-order valence-electron chi connectivity index (χ0n) is 11.3. The molecule has 1 atom stereocenters. The second-order valence-electron chi connectivity index (χ2n) is 4.34. The lowest BCUT2D eigenvalue weighted by Crippen LogP contribution is -2.45. The molecule has 3 nitrogen and oxygen atoms in total. The van der Waals surface area contributed by atoms with Crippen molar-refractivity contribution in [3.05, 3.63) is 29.6 Å². The standard InChI is InChI=1S/C13H18F2N2O.2ClH/c1-18-13-8-10(15)2-3-11(13)12(9-14)17-6-4-16-5-7-17;;/h2-3,8,12,16H,4-7,9H2,1H3;2*1H/t12-;;/m0../s1. The van der Waals surface area contributed by atoms with Crippen LogP contribution >= 0.6 is 24.8 Å². The van der Waals surface area contributed by atoms with Crippen molar-refractivity contribution in [2.45, 2.75) is 6.04 Å². The molecule has 7 heteroatoms. The van der Waals surface area contributed by atoms with Crippen LogP contribution in [-0.2, 0) is 0 Å². The van der Waals surface area contributed by atoms with Gasteiger partial charge < -0.3 is 10.1 Å². The Labute approximate surface area is 130 Å².